The van der Waals surface area contributed by atoms with Gasteiger partial charge in [0.05, 0.1) is 0 Å². The van der Waals surface area contributed by atoms with Gasteiger partial charge in [-0.25, -0.2) is 0 Å². The monoisotopic (exact) mass is 330 g/mol. The second kappa shape index (κ2) is 18.4. The van der Waals surface area contributed by atoms with Crippen LogP contribution in [0.5, 0.6) is 0 Å². The lowest BCUT2D eigenvalue weighted by molar-refractivity contribution is 0.928. The van der Waals surface area contributed by atoms with Crippen molar-refractivity contribution in [3.05, 3.63) is 20.9 Å². The highest BCUT2D eigenvalue weighted by Crippen LogP contribution is 1.87. The molecule has 0 atom stereocenters. The van der Waals surface area contributed by atoms with E-state index < -0.39 is 0 Å². The summed E-state index contributed by atoms with van der Waals surface area (Å²) in [7, 11) is 0. The number of nitrogens with zero attached hydrogens (tertiary/aromatic N) is 6. The van der Waals surface area contributed by atoms with Crippen molar-refractivity contribution in [1.82, 2.24) is 0 Å². The Morgan fingerprint density at radius 3 is 1.93 bits per heavy atom. The van der Waals surface area contributed by atoms with Gasteiger partial charge in [0.15, 0.2) is 0 Å². The van der Waals surface area contributed by atoms with E-state index in [4.69, 9.17) is 22.7 Å². The molecule has 0 spiro atoms. The largest absolute Gasteiger partial charge is 0.127 e. The van der Waals surface area contributed by atoms with Crippen LogP contribution in [0.1, 0.15) is 12.8 Å². The first kappa shape index (κ1) is 16.1. The Balaban J connectivity index is 0. The molecule has 80 valence electrons. The van der Waals surface area contributed by atoms with Crippen molar-refractivity contribution in [2.75, 3.05) is 23.4 Å². The molecule has 0 fully saturated rings. The van der Waals surface area contributed by atoms with Crippen molar-refractivity contribution < 1.29 is 0 Å². The van der Waals surface area contributed by atoms with Crippen molar-refractivity contribution in [2.24, 2.45) is 10.2 Å². The molecule has 0 N–H and O–H groups in total. The highest BCUT2D eigenvalue weighted by molar-refractivity contribution is 14.1. The van der Waals surface area contributed by atoms with Crippen LogP contribution in [0, 0.1) is 0 Å². The van der Waals surface area contributed by atoms with Gasteiger partial charge in [0.2, 0.25) is 0 Å². The summed E-state index contributed by atoms with van der Waals surface area (Å²) < 4.78 is 1.07. The van der Waals surface area contributed by atoms with Crippen LogP contribution in [0.4, 0.5) is 0 Å². The van der Waals surface area contributed by atoms with Crippen LogP contribution in [-0.4, -0.2) is 23.4 Å². The number of azide groups is 2. The van der Waals surface area contributed by atoms with Gasteiger partial charge in [-0.3, -0.25) is 0 Å². The molecule has 14 heavy (non-hydrogen) atoms. The van der Waals surface area contributed by atoms with Crippen LogP contribution >= 0.6 is 34.2 Å². The first-order valence-corrected chi connectivity index (χ1v) is 6.03. The Bertz CT molecular complexity index is 176. The molecule has 0 rings (SSSR count). The summed E-state index contributed by atoms with van der Waals surface area (Å²) in [6.45, 7) is 1.15. The standard InChI is InChI=1S/C3H6ClN3.C3H6IN3/c2*4-2-1-3-6-7-5/h2*1-3H2. The average Bonchev–Trinajstić information content (AvgIpc) is 2.21. The zero-order valence-electron chi connectivity index (χ0n) is 7.68. The lowest BCUT2D eigenvalue weighted by Crippen LogP contribution is -1.76. The third kappa shape index (κ3) is 22.6. The molecular formula is C6H12ClIN6. The van der Waals surface area contributed by atoms with E-state index in [1.165, 1.54) is 0 Å². The van der Waals surface area contributed by atoms with Crippen LogP contribution in [-0.2, 0) is 0 Å². The molecule has 0 aliphatic rings. The summed E-state index contributed by atoms with van der Waals surface area (Å²) in [5, 5.41) is 6.59. The molecule has 0 aromatic rings. The molecule has 0 aromatic carbocycles. The summed E-state index contributed by atoms with van der Waals surface area (Å²) in [5.74, 6) is 0.568. The molecule has 0 unspecified atom stereocenters. The van der Waals surface area contributed by atoms with Crippen LogP contribution in [0.25, 0.3) is 20.9 Å². The van der Waals surface area contributed by atoms with E-state index in [1.807, 2.05) is 0 Å². The van der Waals surface area contributed by atoms with Crippen molar-refractivity contribution in [1.29, 1.82) is 0 Å². The van der Waals surface area contributed by atoms with Crippen LogP contribution in [0.2, 0.25) is 0 Å². The molecule has 0 aromatic heterocycles. The lowest BCUT2D eigenvalue weighted by Gasteiger charge is -1.79. The zero-order valence-corrected chi connectivity index (χ0v) is 10.6. The Morgan fingerprint density at radius 1 is 1.07 bits per heavy atom. The maximum atomic E-state index is 7.75. The number of alkyl halides is 2. The predicted octanol–water partition coefficient (Wildman–Crippen LogP) is 4.05. The molecule has 0 bridgehead atoms. The maximum Gasteiger partial charge on any atom is 0.0269 e. The molecule has 0 radical (unpaired) electrons. The molecule has 8 heteroatoms. The van der Waals surface area contributed by atoms with Gasteiger partial charge in [-0.1, -0.05) is 32.8 Å². The van der Waals surface area contributed by atoms with Gasteiger partial charge in [0.1, 0.15) is 0 Å². The third-order valence-corrected chi connectivity index (χ3v) is 1.94. The lowest BCUT2D eigenvalue weighted by atomic mass is 10.5. The van der Waals surface area contributed by atoms with Crippen LogP contribution in [0.15, 0.2) is 10.2 Å². The minimum atomic E-state index is 0.514. The Hall–Kier alpha value is -0.360. The highest BCUT2D eigenvalue weighted by Gasteiger charge is 1.76. The van der Waals surface area contributed by atoms with E-state index in [1.54, 1.807) is 0 Å². The van der Waals surface area contributed by atoms with Crippen molar-refractivity contribution in [3.8, 4) is 0 Å². The summed E-state index contributed by atoms with van der Waals surface area (Å²) in [4.78, 5) is 5.13. The van der Waals surface area contributed by atoms with Gasteiger partial charge in [-0.2, -0.15) is 0 Å². The van der Waals surface area contributed by atoms with E-state index in [2.05, 4.69) is 42.6 Å². The van der Waals surface area contributed by atoms with E-state index >= 15 is 0 Å². The first-order chi connectivity index (χ1) is 6.83. The van der Waals surface area contributed by atoms with Crippen LogP contribution < -0.4 is 0 Å². The van der Waals surface area contributed by atoms with Gasteiger partial charge >= 0.3 is 0 Å². The fraction of sp³-hybridized carbons (Fsp3) is 1.00. The average molecular weight is 331 g/mol. The van der Waals surface area contributed by atoms with Crippen molar-refractivity contribution >= 4 is 34.2 Å². The smallest absolute Gasteiger partial charge is 0.0269 e. The molecule has 0 amide bonds. The summed E-state index contributed by atoms with van der Waals surface area (Å²) >= 11 is 7.50. The van der Waals surface area contributed by atoms with Gasteiger partial charge in [0, 0.05) is 28.8 Å². The second-order valence-corrected chi connectivity index (χ2v) is 3.45. The topological polar surface area (TPSA) is 97.5 Å². The molecule has 0 heterocycles. The van der Waals surface area contributed by atoms with Crippen molar-refractivity contribution in [2.45, 2.75) is 12.8 Å². The molecule has 6 nitrogen and oxygen atoms in total. The van der Waals surface area contributed by atoms with E-state index in [0.717, 1.165) is 17.3 Å². The number of hydrogen-bond donors (Lipinski definition) is 0. The first-order valence-electron chi connectivity index (χ1n) is 3.97. The summed E-state index contributed by atoms with van der Waals surface area (Å²) in [5.41, 5.74) is 15.5. The maximum absolute atomic E-state index is 7.75. The SMILES string of the molecule is [N-]=[N+]=NCCCCl.[N-]=[N+]=NCCCI. The fourth-order valence-corrected chi connectivity index (χ4v) is 0.811. The Labute approximate surface area is 101 Å². The molecule has 0 aliphatic heterocycles. The third-order valence-electron chi connectivity index (χ3n) is 0.910. The second-order valence-electron chi connectivity index (χ2n) is 1.99. The quantitative estimate of drug-likeness (QED) is 0.175. The normalized spacial score (nSPS) is 7.57. The summed E-state index contributed by atoms with van der Waals surface area (Å²) in [6.07, 6.45) is 1.76. The van der Waals surface area contributed by atoms with Crippen LogP contribution in [0.3, 0.4) is 0 Å². The Morgan fingerprint density at radius 2 is 1.57 bits per heavy atom. The minimum Gasteiger partial charge on any atom is -0.127 e. The molecule has 0 aliphatic carbocycles. The van der Waals surface area contributed by atoms with Gasteiger partial charge in [0.25, 0.3) is 0 Å². The highest BCUT2D eigenvalue weighted by atomic mass is 127. The predicted molar refractivity (Wildman–Crippen MR) is 66.9 cm³/mol. The van der Waals surface area contributed by atoms with E-state index in [0.29, 0.717) is 19.0 Å². The van der Waals surface area contributed by atoms with E-state index in [9.17, 15) is 0 Å². The van der Waals surface area contributed by atoms with Crippen molar-refractivity contribution in [3.63, 3.8) is 0 Å². The minimum absolute atomic E-state index is 0.514. The van der Waals surface area contributed by atoms with Gasteiger partial charge in [-0.05, 0) is 28.3 Å². The number of halogens is 2. The number of rotatable bonds is 6. The zero-order chi connectivity index (χ0) is 11.1. The van der Waals surface area contributed by atoms with Gasteiger partial charge < -0.3 is 0 Å². The molecule has 0 saturated heterocycles. The fourth-order valence-electron chi connectivity index (χ4n) is 0.350. The number of hydrogen-bond acceptors (Lipinski definition) is 2. The Kier molecular flexibility index (Phi) is 21.2. The summed E-state index contributed by atoms with van der Waals surface area (Å²) in [6, 6.07) is 0. The molecular weight excluding hydrogens is 318 g/mol. The molecule has 0 saturated carbocycles. The van der Waals surface area contributed by atoms with E-state index in [-0.39, 0.29) is 0 Å². The van der Waals surface area contributed by atoms with Gasteiger partial charge in [-0.15, -0.1) is 11.6 Å².